The van der Waals surface area contributed by atoms with Crippen LogP contribution >= 0.6 is 0 Å². The topological polar surface area (TPSA) is 84.4 Å². The van der Waals surface area contributed by atoms with E-state index in [-0.39, 0.29) is 0 Å². The predicted octanol–water partition coefficient (Wildman–Crippen LogP) is 3.27. The molecule has 0 aliphatic rings. The van der Waals surface area contributed by atoms with E-state index < -0.39 is 0 Å². The molecule has 8 nitrogen and oxygen atoms in total. The molecule has 3 rings (SSSR count). The van der Waals surface area contributed by atoms with Gasteiger partial charge in [-0.05, 0) is 38.4 Å². The van der Waals surface area contributed by atoms with Gasteiger partial charge in [-0.2, -0.15) is 4.98 Å². The summed E-state index contributed by atoms with van der Waals surface area (Å²) in [6, 6.07) is 11.4. The summed E-state index contributed by atoms with van der Waals surface area (Å²) in [4.78, 5) is 15.4. The van der Waals surface area contributed by atoms with Crippen molar-refractivity contribution in [3.63, 3.8) is 0 Å². The van der Waals surface area contributed by atoms with Gasteiger partial charge in [0.2, 0.25) is 5.95 Å². The van der Waals surface area contributed by atoms with Crippen LogP contribution in [0.5, 0.6) is 11.5 Å². The maximum absolute atomic E-state index is 5.39. The van der Waals surface area contributed by atoms with Crippen molar-refractivity contribution in [1.29, 1.82) is 0 Å². The van der Waals surface area contributed by atoms with E-state index in [0.29, 0.717) is 23.3 Å². The van der Waals surface area contributed by atoms with Crippen LogP contribution in [0.25, 0.3) is 11.3 Å². The summed E-state index contributed by atoms with van der Waals surface area (Å²) in [7, 11) is 7.28. The van der Waals surface area contributed by atoms with Crippen molar-refractivity contribution in [3.05, 3.63) is 48.8 Å². The molecule has 2 aromatic heterocycles. The molecule has 0 radical (unpaired) electrons. The number of nitrogens with one attached hydrogen (secondary N) is 2. The van der Waals surface area contributed by atoms with E-state index in [0.717, 1.165) is 30.0 Å². The van der Waals surface area contributed by atoms with Crippen molar-refractivity contribution < 1.29 is 9.47 Å². The lowest BCUT2D eigenvalue weighted by Gasteiger charge is -2.14. The van der Waals surface area contributed by atoms with Gasteiger partial charge in [0.15, 0.2) is 11.5 Å². The smallest absolute Gasteiger partial charge is 0.225 e. The second-order valence-electron chi connectivity index (χ2n) is 6.62. The normalized spacial score (nSPS) is 10.7. The lowest BCUT2D eigenvalue weighted by Crippen LogP contribution is -2.21. The molecule has 2 N–H and O–H groups in total. The minimum absolute atomic E-state index is 0.559. The van der Waals surface area contributed by atoms with Gasteiger partial charge in [-0.15, -0.1) is 0 Å². The second-order valence-corrected chi connectivity index (χ2v) is 6.62. The highest BCUT2D eigenvalue weighted by Crippen LogP contribution is 2.31. The predicted molar refractivity (Wildman–Crippen MR) is 115 cm³/mol. The molecule has 29 heavy (non-hydrogen) atoms. The first-order valence-corrected chi connectivity index (χ1v) is 9.26. The summed E-state index contributed by atoms with van der Waals surface area (Å²) >= 11 is 0. The van der Waals surface area contributed by atoms with E-state index in [2.05, 4.69) is 30.5 Å². The van der Waals surface area contributed by atoms with E-state index >= 15 is 0 Å². The van der Waals surface area contributed by atoms with Crippen LogP contribution in [0.2, 0.25) is 0 Å². The molecule has 0 aliphatic heterocycles. The Kier molecular flexibility index (Phi) is 6.80. The fourth-order valence-corrected chi connectivity index (χ4v) is 2.71. The van der Waals surface area contributed by atoms with Gasteiger partial charge in [0, 0.05) is 48.9 Å². The van der Waals surface area contributed by atoms with Gasteiger partial charge < -0.3 is 25.0 Å². The van der Waals surface area contributed by atoms with Gasteiger partial charge >= 0.3 is 0 Å². The monoisotopic (exact) mass is 394 g/mol. The molecule has 0 fully saturated rings. The van der Waals surface area contributed by atoms with Crippen LogP contribution < -0.4 is 20.1 Å². The van der Waals surface area contributed by atoms with Gasteiger partial charge in [-0.3, -0.25) is 4.98 Å². The highest BCUT2D eigenvalue weighted by molar-refractivity contribution is 5.68. The van der Waals surface area contributed by atoms with E-state index in [1.807, 2.05) is 50.5 Å². The van der Waals surface area contributed by atoms with Crippen LogP contribution in [-0.2, 0) is 0 Å². The van der Waals surface area contributed by atoms with E-state index in [4.69, 9.17) is 9.47 Å². The lowest BCUT2D eigenvalue weighted by atomic mass is 10.2. The zero-order valence-corrected chi connectivity index (χ0v) is 17.1. The minimum Gasteiger partial charge on any atom is -0.493 e. The van der Waals surface area contributed by atoms with Crippen LogP contribution in [0.15, 0.2) is 48.8 Å². The van der Waals surface area contributed by atoms with Crippen molar-refractivity contribution in [1.82, 2.24) is 19.9 Å². The Bertz CT molecular complexity index is 934. The number of hydrogen-bond donors (Lipinski definition) is 2. The average Bonchev–Trinajstić information content (AvgIpc) is 2.74. The third kappa shape index (κ3) is 5.55. The van der Waals surface area contributed by atoms with E-state index in [1.54, 1.807) is 26.6 Å². The lowest BCUT2D eigenvalue weighted by molar-refractivity contribution is 0.355. The third-order valence-corrected chi connectivity index (χ3v) is 4.20. The highest BCUT2D eigenvalue weighted by atomic mass is 16.5. The summed E-state index contributed by atoms with van der Waals surface area (Å²) in [6.45, 7) is 1.61. The summed E-state index contributed by atoms with van der Waals surface area (Å²) < 4.78 is 10.7. The highest BCUT2D eigenvalue weighted by Gasteiger charge is 2.09. The standard InChI is InChI=1S/C21H26N6O2/c1-27(2)12-11-23-21-25-17(15-7-9-22-10-8-15)14-20(26-21)24-16-5-6-18(28-3)19(13-16)29-4/h5-10,13-14H,11-12H2,1-4H3,(H2,23,24,25,26). The number of likely N-dealkylation sites (N-methyl/N-ethyl adjacent to an activating group) is 1. The molecule has 3 aromatic rings. The van der Waals surface area contributed by atoms with Gasteiger partial charge in [-0.1, -0.05) is 0 Å². The number of benzene rings is 1. The molecule has 0 bridgehead atoms. The van der Waals surface area contributed by atoms with Crippen molar-refractivity contribution in [3.8, 4) is 22.8 Å². The van der Waals surface area contributed by atoms with Gasteiger partial charge in [0.1, 0.15) is 5.82 Å². The van der Waals surface area contributed by atoms with E-state index in [1.165, 1.54) is 0 Å². The second kappa shape index (κ2) is 9.70. The number of ether oxygens (including phenoxy) is 2. The zero-order valence-electron chi connectivity index (χ0n) is 17.1. The summed E-state index contributed by atoms with van der Waals surface area (Å²) in [5, 5.41) is 6.62. The Morgan fingerprint density at radius 1 is 0.931 bits per heavy atom. The Morgan fingerprint density at radius 2 is 1.69 bits per heavy atom. The van der Waals surface area contributed by atoms with Crippen LogP contribution in [0, 0.1) is 0 Å². The Hall–Kier alpha value is -3.39. The average molecular weight is 394 g/mol. The van der Waals surface area contributed by atoms with Crippen molar-refractivity contribution >= 4 is 17.5 Å². The largest absolute Gasteiger partial charge is 0.493 e. The number of hydrogen-bond acceptors (Lipinski definition) is 8. The fraction of sp³-hybridized carbons (Fsp3) is 0.286. The first kappa shape index (κ1) is 20.3. The van der Waals surface area contributed by atoms with Crippen LogP contribution in [-0.4, -0.2) is 61.3 Å². The number of aromatic nitrogens is 3. The fourth-order valence-electron chi connectivity index (χ4n) is 2.71. The molecule has 0 amide bonds. The molecule has 0 saturated carbocycles. The molecule has 1 aromatic carbocycles. The maximum atomic E-state index is 5.39. The molecule has 0 unspecified atom stereocenters. The van der Waals surface area contributed by atoms with Crippen molar-refractivity contribution in [2.75, 3.05) is 52.0 Å². The molecule has 0 saturated heterocycles. The number of nitrogens with zero attached hydrogens (tertiary/aromatic N) is 4. The van der Waals surface area contributed by atoms with Crippen molar-refractivity contribution in [2.45, 2.75) is 0 Å². The third-order valence-electron chi connectivity index (χ3n) is 4.20. The number of rotatable bonds is 9. The summed E-state index contributed by atoms with van der Waals surface area (Å²) in [6.07, 6.45) is 3.50. The van der Waals surface area contributed by atoms with Crippen molar-refractivity contribution in [2.24, 2.45) is 0 Å². The number of pyridine rings is 1. The SMILES string of the molecule is COc1ccc(Nc2cc(-c3ccncc3)nc(NCCN(C)C)n2)cc1OC. The molecule has 0 atom stereocenters. The number of anilines is 3. The molecule has 0 spiro atoms. The van der Waals surface area contributed by atoms with Crippen LogP contribution in [0.4, 0.5) is 17.5 Å². The van der Waals surface area contributed by atoms with Crippen LogP contribution in [0.1, 0.15) is 0 Å². The minimum atomic E-state index is 0.559. The van der Waals surface area contributed by atoms with Crippen LogP contribution in [0.3, 0.4) is 0 Å². The molecule has 152 valence electrons. The van der Waals surface area contributed by atoms with Gasteiger partial charge in [-0.25, -0.2) is 4.98 Å². The Balaban J connectivity index is 1.90. The summed E-state index contributed by atoms with van der Waals surface area (Å²) in [5.74, 6) is 2.55. The van der Waals surface area contributed by atoms with Gasteiger partial charge in [0.25, 0.3) is 0 Å². The molecule has 2 heterocycles. The molecule has 8 heteroatoms. The quantitative estimate of drug-likeness (QED) is 0.572. The maximum Gasteiger partial charge on any atom is 0.225 e. The zero-order chi connectivity index (χ0) is 20.6. The molecular formula is C21H26N6O2. The Labute approximate surface area is 170 Å². The Morgan fingerprint density at radius 3 is 2.38 bits per heavy atom. The molecule has 0 aliphatic carbocycles. The molecular weight excluding hydrogens is 368 g/mol. The van der Waals surface area contributed by atoms with Gasteiger partial charge in [0.05, 0.1) is 19.9 Å². The first-order chi connectivity index (χ1) is 14.1. The van der Waals surface area contributed by atoms with E-state index in [9.17, 15) is 0 Å². The number of methoxy groups -OCH3 is 2. The summed E-state index contributed by atoms with van der Waals surface area (Å²) in [5.41, 5.74) is 2.60. The first-order valence-electron chi connectivity index (χ1n) is 9.26.